The number of hydrogen-bond donors (Lipinski definition) is 1. The molecule has 0 radical (unpaired) electrons. The number of rotatable bonds is 1. The first-order valence-corrected chi connectivity index (χ1v) is 5.32. The maximum Gasteiger partial charge on any atom is 0.166 e. The van der Waals surface area contributed by atoms with E-state index < -0.39 is 0 Å². The quantitative estimate of drug-likeness (QED) is 0.803. The van der Waals surface area contributed by atoms with Crippen molar-refractivity contribution in [1.29, 1.82) is 0 Å². The van der Waals surface area contributed by atoms with Crippen LogP contribution in [0.2, 0.25) is 5.02 Å². The first-order valence-electron chi connectivity index (χ1n) is 4.94. The molecular weight excluding hydrogens is 217 g/mol. The van der Waals surface area contributed by atoms with E-state index in [9.17, 15) is 4.39 Å². The summed E-state index contributed by atoms with van der Waals surface area (Å²) >= 11 is 5.78. The van der Waals surface area contributed by atoms with Crippen molar-refractivity contribution in [3.05, 3.63) is 28.5 Å². The molecule has 82 valence electrons. The molecule has 0 saturated heterocycles. The molecule has 1 heterocycles. The Bertz CT molecular complexity index is 381. The minimum Gasteiger partial charge on any atom is -0.490 e. The molecule has 2 N–H and O–H groups in total. The van der Waals surface area contributed by atoms with Gasteiger partial charge in [0.05, 0.1) is 6.61 Å². The highest BCUT2D eigenvalue weighted by Crippen LogP contribution is 2.33. The highest BCUT2D eigenvalue weighted by Gasteiger charge is 2.25. The van der Waals surface area contributed by atoms with Gasteiger partial charge in [-0.05, 0) is 31.0 Å². The molecular formula is C11H13ClFNO. The van der Waals surface area contributed by atoms with Crippen molar-refractivity contribution in [1.82, 2.24) is 0 Å². The monoisotopic (exact) mass is 229 g/mol. The molecule has 2 atom stereocenters. The number of benzene rings is 1. The van der Waals surface area contributed by atoms with Gasteiger partial charge in [0.25, 0.3) is 0 Å². The van der Waals surface area contributed by atoms with Gasteiger partial charge in [0.2, 0.25) is 0 Å². The zero-order valence-corrected chi connectivity index (χ0v) is 9.22. The molecule has 0 bridgehead atoms. The van der Waals surface area contributed by atoms with Crippen LogP contribution in [0.4, 0.5) is 4.39 Å². The van der Waals surface area contributed by atoms with Crippen LogP contribution in [-0.2, 0) is 6.42 Å². The number of ether oxygens (including phenoxy) is 1. The maximum absolute atomic E-state index is 13.4. The van der Waals surface area contributed by atoms with E-state index in [1.807, 2.05) is 6.92 Å². The molecule has 2 rings (SSSR count). The molecule has 0 fully saturated rings. The van der Waals surface area contributed by atoms with Crippen molar-refractivity contribution >= 4 is 11.6 Å². The van der Waals surface area contributed by atoms with Gasteiger partial charge in [0.1, 0.15) is 0 Å². The standard InChI is InChI=1S/C11H13ClFNO/c1-6(14)8-2-7-3-9(12)4-10(13)11(7)15-5-8/h3-4,6,8H,2,5,14H2,1H3. The van der Waals surface area contributed by atoms with Crippen LogP contribution in [0.5, 0.6) is 5.75 Å². The Kier molecular flexibility index (Phi) is 2.85. The van der Waals surface area contributed by atoms with E-state index in [1.165, 1.54) is 6.07 Å². The third-order valence-electron chi connectivity index (χ3n) is 2.75. The molecule has 1 aromatic carbocycles. The van der Waals surface area contributed by atoms with Gasteiger partial charge in [-0.3, -0.25) is 0 Å². The molecule has 2 nitrogen and oxygen atoms in total. The van der Waals surface area contributed by atoms with E-state index in [1.54, 1.807) is 6.07 Å². The average Bonchev–Trinajstić information content (AvgIpc) is 2.16. The molecule has 1 aromatic rings. The Morgan fingerprint density at radius 2 is 2.33 bits per heavy atom. The summed E-state index contributed by atoms with van der Waals surface area (Å²) in [7, 11) is 0. The van der Waals surface area contributed by atoms with Crippen LogP contribution in [0.15, 0.2) is 12.1 Å². The molecule has 1 aliphatic rings. The summed E-state index contributed by atoms with van der Waals surface area (Å²) in [6, 6.07) is 3.06. The van der Waals surface area contributed by atoms with Crippen LogP contribution in [0.3, 0.4) is 0 Å². The van der Waals surface area contributed by atoms with Gasteiger partial charge in [-0.25, -0.2) is 4.39 Å². The molecule has 0 saturated carbocycles. The molecule has 1 aliphatic heterocycles. The molecule has 0 amide bonds. The highest BCUT2D eigenvalue weighted by molar-refractivity contribution is 6.30. The van der Waals surface area contributed by atoms with Crippen molar-refractivity contribution in [2.45, 2.75) is 19.4 Å². The van der Waals surface area contributed by atoms with Crippen LogP contribution >= 0.6 is 11.6 Å². The van der Waals surface area contributed by atoms with E-state index >= 15 is 0 Å². The average molecular weight is 230 g/mol. The second-order valence-electron chi connectivity index (χ2n) is 4.01. The summed E-state index contributed by atoms with van der Waals surface area (Å²) in [6.07, 6.45) is 0.727. The largest absolute Gasteiger partial charge is 0.490 e. The number of fused-ring (bicyclic) bond motifs is 1. The van der Waals surface area contributed by atoms with Gasteiger partial charge >= 0.3 is 0 Å². The molecule has 15 heavy (non-hydrogen) atoms. The minimum atomic E-state index is -0.388. The van der Waals surface area contributed by atoms with E-state index in [-0.39, 0.29) is 17.8 Å². The Morgan fingerprint density at radius 1 is 1.60 bits per heavy atom. The zero-order chi connectivity index (χ0) is 11.0. The first-order chi connectivity index (χ1) is 7.08. The summed E-state index contributed by atoms with van der Waals surface area (Å²) in [6.45, 7) is 2.41. The van der Waals surface area contributed by atoms with Crippen molar-refractivity contribution in [2.75, 3.05) is 6.61 Å². The Labute approximate surface area is 93.2 Å². The fourth-order valence-electron chi connectivity index (χ4n) is 1.80. The van der Waals surface area contributed by atoms with Crippen molar-refractivity contribution in [2.24, 2.45) is 11.7 Å². The minimum absolute atomic E-state index is 0.0418. The summed E-state index contributed by atoms with van der Waals surface area (Å²) < 4.78 is 18.8. The Hall–Kier alpha value is -0.800. The fourth-order valence-corrected chi connectivity index (χ4v) is 2.02. The van der Waals surface area contributed by atoms with Gasteiger partial charge in [0.15, 0.2) is 11.6 Å². The van der Waals surface area contributed by atoms with Gasteiger partial charge in [0, 0.05) is 17.0 Å². The van der Waals surface area contributed by atoms with Crippen molar-refractivity contribution in [3.63, 3.8) is 0 Å². The summed E-state index contributed by atoms with van der Waals surface area (Å²) in [4.78, 5) is 0. The number of nitrogens with two attached hydrogens (primary N) is 1. The van der Waals surface area contributed by atoms with Crippen molar-refractivity contribution in [3.8, 4) is 5.75 Å². The van der Waals surface area contributed by atoms with Gasteiger partial charge in [-0.1, -0.05) is 11.6 Å². The van der Waals surface area contributed by atoms with Gasteiger partial charge in [-0.15, -0.1) is 0 Å². The number of hydrogen-bond acceptors (Lipinski definition) is 2. The summed E-state index contributed by atoms with van der Waals surface area (Å²) in [5, 5.41) is 0.403. The smallest absolute Gasteiger partial charge is 0.166 e. The lowest BCUT2D eigenvalue weighted by atomic mass is 9.92. The van der Waals surface area contributed by atoms with Crippen LogP contribution < -0.4 is 10.5 Å². The third-order valence-corrected chi connectivity index (χ3v) is 2.97. The second kappa shape index (κ2) is 3.99. The predicted molar refractivity (Wildman–Crippen MR) is 57.7 cm³/mol. The van der Waals surface area contributed by atoms with Gasteiger partial charge < -0.3 is 10.5 Å². The zero-order valence-electron chi connectivity index (χ0n) is 8.47. The molecule has 4 heteroatoms. The van der Waals surface area contributed by atoms with E-state index in [2.05, 4.69) is 0 Å². The van der Waals surface area contributed by atoms with E-state index in [0.29, 0.717) is 17.4 Å². The fraction of sp³-hybridized carbons (Fsp3) is 0.455. The van der Waals surface area contributed by atoms with Crippen LogP contribution in [0, 0.1) is 11.7 Å². The van der Waals surface area contributed by atoms with Crippen molar-refractivity contribution < 1.29 is 9.13 Å². The highest BCUT2D eigenvalue weighted by atomic mass is 35.5. The second-order valence-corrected chi connectivity index (χ2v) is 4.45. The summed E-state index contributed by atoms with van der Waals surface area (Å²) in [5.41, 5.74) is 6.61. The van der Waals surface area contributed by atoms with Crippen LogP contribution in [0.25, 0.3) is 0 Å². The molecule has 0 aromatic heterocycles. The van der Waals surface area contributed by atoms with Gasteiger partial charge in [-0.2, -0.15) is 0 Å². The normalized spacial score (nSPS) is 21.7. The van der Waals surface area contributed by atoms with Crippen LogP contribution in [0.1, 0.15) is 12.5 Å². The number of halogens is 2. The molecule has 2 unspecified atom stereocenters. The van der Waals surface area contributed by atoms with Crippen LogP contribution in [-0.4, -0.2) is 12.6 Å². The van der Waals surface area contributed by atoms with E-state index in [4.69, 9.17) is 22.1 Å². The lowest BCUT2D eigenvalue weighted by Crippen LogP contribution is -2.35. The lowest BCUT2D eigenvalue weighted by molar-refractivity contribution is 0.196. The maximum atomic E-state index is 13.4. The third kappa shape index (κ3) is 2.08. The Balaban J connectivity index is 2.33. The Morgan fingerprint density at radius 3 is 3.00 bits per heavy atom. The predicted octanol–water partition coefficient (Wildman–Crippen LogP) is 2.38. The topological polar surface area (TPSA) is 35.2 Å². The lowest BCUT2D eigenvalue weighted by Gasteiger charge is -2.28. The van der Waals surface area contributed by atoms with E-state index in [0.717, 1.165) is 12.0 Å². The first kappa shape index (κ1) is 10.7. The summed E-state index contributed by atoms with van der Waals surface area (Å²) in [5.74, 6) is 0.173. The molecule has 0 spiro atoms. The molecule has 0 aliphatic carbocycles. The SMILES string of the molecule is CC(N)C1COc2c(F)cc(Cl)cc2C1.